The van der Waals surface area contributed by atoms with E-state index in [1.54, 1.807) is 30.4 Å². The van der Waals surface area contributed by atoms with E-state index < -0.39 is 6.10 Å². The highest BCUT2D eigenvalue weighted by Gasteiger charge is 2.17. The lowest BCUT2D eigenvalue weighted by Gasteiger charge is -2.14. The van der Waals surface area contributed by atoms with Crippen molar-refractivity contribution in [2.75, 3.05) is 13.7 Å². The van der Waals surface area contributed by atoms with Crippen LogP contribution < -0.4 is 0 Å². The number of aliphatic hydroxyl groups is 1. The number of aliphatic hydroxyl groups excluding tert-OH is 1. The fraction of sp³-hybridized carbons (Fsp3) is 0.429. The predicted molar refractivity (Wildman–Crippen MR) is 79.3 cm³/mol. The number of aryl methyl sites for hydroxylation is 1. The molecule has 0 saturated heterocycles. The highest BCUT2D eigenvalue weighted by Crippen LogP contribution is 2.26. The van der Waals surface area contributed by atoms with E-state index in [2.05, 4.69) is 26.0 Å². The molecule has 2 rings (SSSR count). The molecule has 0 spiro atoms. The first-order valence-corrected chi connectivity index (χ1v) is 7.28. The summed E-state index contributed by atoms with van der Waals surface area (Å²) in [6, 6.07) is 3.92. The van der Waals surface area contributed by atoms with Gasteiger partial charge < -0.3 is 9.84 Å². The minimum absolute atomic E-state index is 0.558. The summed E-state index contributed by atoms with van der Waals surface area (Å²) in [6.45, 7) is 1.20. The van der Waals surface area contributed by atoms with Crippen LogP contribution in [-0.2, 0) is 17.7 Å². The Bertz CT molecular complexity index is 530. The van der Waals surface area contributed by atoms with Gasteiger partial charge in [-0.3, -0.25) is 9.67 Å². The fourth-order valence-electron chi connectivity index (χ4n) is 2.05. The van der Waals surface area contributed by atoms with Gasteiger partial charge in [0.1, 0.15) is 0 Å². The van der Waals surface area contributed by atoms with Crippen LogP contribution in [-0.4, -0.2) is 33.6 Å². The van der Waals surface area contributed by atoms with Crippen molar-refractivity contribution >= 4 is 15.9 Å². The largest absolute Gasteiger partial charge is 0.387 e. The average molecular weight is 340 g/mol. The van der Waals surface area contributed by atoms with Crippen LogP contribution in [0, 0.1) is 0 Å². The molecule has 0 amide bonds. The smallest absolute Gasteiger partial charge is 0.0971 e. The molecule has 108 valence electrons. The monoisotopic (exact) mass is 339 g/mol. The molecule has 2 aromatic rings. The molecular formula is C14H18BrN3O2. The highest BCUT2D eigenvalue weighted by atomic mass is 79.9. The van der Waals surface area contributed by atoms with E-state index in [4.69, 9.17) is 4.74 Å². The maximum atomic E-state index is 10.4. The number of aromatic nitrogens is 3. The van der Waals surface area contributed by atoms with Crippen LogP contribution in [0.5, 0.6) is 0 Å². The molecule has 0 saturated carbocycles. The van der Waals surface area contributed by atoms with Gasteiger partial charge in [0, 0.05) is 19.5 Å². The molecular weight excluding hydrogens is 322 g/mol. The maximum Gasteiger partial charge on any atom is 0.0971 e. The Hall–Kier alpha value is -1.24. The number of hydrogen-bond donors (Lipinski definition) is 1. The average Bonchev–Trinajstić information content (AvgIpc) is 2.84. The summed E-state index contributed by atoms with van der Waals surface area (Å²) >= 11 is 3.44. The van der Waals surface area contributed by atoms with Gasteiger partial charge >= 0.3 is 0 Å². The van der Waals surface area contributed by atoms with Crippen molar-refractivity contribution in [3.8, 4) is 0 Å². The molecule has 1 atom stereocenters. The van der Waals surface area contributed by atoms with Crippen molar-refractivity contribution in [3.63, 3.8) is 0 Å². The van der Waals surface area contributed by atoms with Gasteiger partial charge in [0.2, 0.25) is 0 Å². The van der Waals surface area contributed by atoms with Gasteiger partial charge in [0.25, 0.3) is 0 Å². The molecule has 20 heavy (non-hydrogen) atoms. The van der Waals surface area contributed by atoms with E-state index >= 15 is 0 Å². The summed E-state index contributed by atoms with van der Waals surface area (Å²) in [4.78, 5) is 3.99. The molecule has 0 aliphatic carbocycles. The van der Waals surface area contributed by atoms with Gasteiger partial charge in [-0.1, -0.05) is 0 Å². The normalized spacial score (nSPS) is 12.6. The standard InChI is InChI=1S/C14H18BrN3O2/c1-20-9-8-18-14(12(15)10-17-18)13(19)3-2-11-4-6-16-7-5-11/h4-7,10,13,19H,2-3,8-9H2,1H3. The third-order valence-corrected chi connectivity index (χ3v) is 3.72. The summed E-state index contributed by atoms with van der Waals surface area (Å²) in [6.07, 6.45) is 6.12. The van der Waals surface area contributed by atoms with Crippen molar-refractivity contribution in [2.24, 2.45) is 0 Å². The molecule has 0 radical (unpaired) electrons. The molecule has 1 N–H and O–H groups in total. The number of halogens is 1. The van der Waals surface area contributed by atoms with Gasteiger partial charge in [-0.05, 0) is 46.5 Å². The van der Waals surface area contributed by atoms with Crippen LogP contribution in [0.15, 0.2) is 35.2 Å². The van der Waals surface area contributed by atoms with E-state index in [0.29, 0.717) is 19.6 Å². The molecule has 0 aromatic carbocycles. The van der Waals surface area contributed by atoms with Crippen LogP contribution in [0.1, 0.15) is 23.8 Å². The lowest BCUT2D eigenvalue weighted by molar-refractivity contribution is 0.145. The Morgan fingerprint density at radius 2 is 2.15 bits per heavy atom. The number of hydrogen-bond acceptors (Lipinski definition) is 4. The molecule has 5 nitrogen and oxygen atoms in total. The Labute approximate surface area is 126 Å². The van der Waals surface area contributed by atoms with E-state index in [0.717, 1.165) is 22.2 Å². The number of nitrogens with zero attached hydrogens (tertiary/aromatic N) is 3. The zero-order chi connectivity index (χ0) is 14.4. The lowest BCUT2D eigenvalue weighted by atomic mass is 10.1. The van der Waals surface area contributed by atoms with Crippen molar-refractivity contribution in [3.05, 3.63) is 46.5 Å². The second-order valence-electron chi connectivity index (χ2n) is 4.50. The Kier molecular flexibility index (Phi) is 5.70. The van der Waals surface area contributed by atoms with Gasteiger partial charge in [0.15, 0.2) is 0 Å². The van der Waals surface area contributed by atoms with Crippen molar-refractivity contribution in [1.29, 1.82) is 0 Å². The molecule has 2 heterocycles. The van der Waals surface area contributed by atoms with Crippen LogP contribution in [0.4, 0.5) is 0 Å². The summed E-state index contributed by atoms with van der Waals surface area (Å²) in [7, 11) is 1.65. The molecule has 0 bridgehead atoms. The third kappa shape index (κ3) is 3.88. The second-order valence-corrected chi connectivity index (χ2v) is 5.36. The zero-order valence-electron chi connectivity index (χ0n) is 11.4. The summed E-state index contributed by atoms with van der Waals surface area (Å²) < 4.78 is 7.67. The van der Waals surface area contributed by atoms with Crippen LogP contribution in [0.2, 0.25) is 0 Å². The van der Waals surface area contributed by atoms with Gasteiger partial charge in [-0.2, -0.15) is 5.10 Å². The first-order valence-electron chi connectivity index (χ1n) is 6.49. The molecule has 6 heteroatoms. The molecule has 2 aromatic heterocycles. The van der Waals surface area contributed by atoms with Gasteiger partial charge in [-0.15, -0.1) is 0 Å². The highest BCUT2D eigenvalue weighted by molar-refractivity contribution is 9.10. The van der Waals surface area contributed by atoms with Gasteiger partial charge in [-0.25, -0.2) is 0 Å². The molecule has 1 unspecified atom stereocenters. The molecule has 0 aliphatic rings. The Balaban J connectivity index is 2.01. The first kappa shape index (κ1) is 15.2. The summed E-state index contributed by atoms with van der Waals surface area (Å²) in [5.41, 5.74) is 1.97. The number of ether oxygens (including phenoxy) is 1. The number of methoxy groups -OCH3 is 1. The molecule has 0 fully saturated rings. The Morgan fingerprint density at radius 1 is 1.40 bits per heavy atom. The molecule has 0 aliphatic heterocycles. The SMILES string of the molecule is COCCn1ncc(Br)c1C(O)CCc1ccncc1. The summed E-state index contributed by atoms with van der Waals surface area (Å²) in [5, 5.41) is 14.6. The summed E-state index contributed by atoms with van der Waals surface area (Å²) in [5.74, 6) is 0. The van der Waals surface area contributed by atoms with Crippen molar-refractivity contribution in [2.45, 2.75) is 25.5 Å². The van der Waals surface area contributed by atoms with E-state index in [1.807, 2.05) is 12.1 Å². The van der Waals surface area contributed by atoms with Crippen LogP contribution in [0.25, 0.3) is 0 Å². The second kappa shape index (κ2) is 7.52. The van der Waals surface area contributed by atoms with E-state index in [9.17, 15) is 5.11 Å². The van der Waals surface area contributed by atoms with Crippen LogP contribution in [0.3, 0.4) is 0 Å². The minimum Gasteiger partial charge on any atom is -0.387 e. The zero-order valence-corrected chi connectivity index (χ0v) is 13.0. The minimum atomic E-state index is -0.558. The number of pyridine rings is 1. The topological polar surface area (TPSA) is 60.2 Å². The van der Waals surface area contributed by atoms with E-state index in [1.165, 1.54) is 0 Å². The number of rotatable bonds is 7. The Morgan fingerprint density at radius 3 is 2.85 bits per heavy atom. The maximum absolute atomic E-state index is 10.4. The fourth-order valence-corrected chi connectivity index (χ4v) is 2.61. The van der Waals surface area contributed by atoms with Gasteiger partial charge in [0.05, 0.1) is 35.6 Å². The first-order chi connectivity index (χ1) is 9.72. The van der Waals surface area contributed by atoms with Crippen molar-refractivity contribution < 1.29 is 9.84 Å². The third-order valence-electron chi connectivity index (χ3n) is 3.11. The van der Waals surface area contributed by atoms with Crippen LogP contribution >= 0.6 is 15.9 Å². The quantitative estimate of drug-likeness (QED) is 0.841. The predicted octanol–water partition coefficient (Wildman–Crippen LogP) is 2.35. The van der Waals surface area contributed by atoms with Crippen molar-refractivity contribution in [1.82, 2.24) is 14.8 Å². The lowest BCUT2D eigenvalue weighted by Crippen LogP contribution is -2.13. The van der Waals surface area contributed by atoms with E-state index in [-0.39, 0.29) is 0 Å².